The summed E-state index contributed by atoms with van der Waals surface area (Å²) < 4.78 is 27.6. The predicted molar refractivity (Wildman–Crippen MR) is 55.2 cm³/mol. The largest absolute Gasteiger partial charge is 0.495 e. The number of nitriles is 1. The van der Waals surface area contributed by atoms with Gasteiger partial charge in [-0.1, -0.05) is 0 Å². The summed E-state index contributed by atoms with van der Waals surface area (Å²) in [4.78, 5) is -0.0317. The van der Waals surface area contributed by atoms with Crippen molar-refractivity contribution in [3.05, 3.63) is 17.7 Å². The molecule has 0 radical (unpaired) electrons. The minimum atomic E-state index is -3.43. The van der Waals surface area contributed by atoms with Crippen molar-refractivity contribution in [3.8, 4) is 11.8 Å². The Hall–Kier alpha value is -1.74. The van der Waals surface area contributed by atoms with Gasteiger partial charge in [0.1, 0.15) is 16.7 Å². The van der Waals surface area contributed by atoms with Crippen LogP contribution in [-0.4, -0.2) is 21.8 Å². The molecule has 0 aliphatic heterocycles. The van der Waals surface area contributed by atoms with Crippen LogP contribution in [0.25, 0.3) is 0 Å². The standard InChI is InChI=1S/C9H10N2O3S/c1-14-8-4-7(11)6(5-10)3-9(8)15(2,12)13/h3-4H,11H2,1-2H3. The highest BCUT2D eigenvalue weighted by Crippen LogP contribution is 2.28. The van der Waals surface area contributed by atoms with E-state index in [-0.39, 0.29) is 21.9 Å². The summed E-state index contributed by atoms with van der Waals surface area (Å²) in [7, 11) is -2.08. The van der Waals surface area contributed by atoms with E-state index in [9.17, 15) is 8.42 Å². The van der Waals surface area contributed by atoms with E-state index in [1.807, 2.05) is 6.07 Å². The van der Waals surface area contributed by atoms with Crippen molar-refractivity contribution in [2.24, 2.45) is 0 Å². The van der Waals surface area contributed by atoms with Gasteiger partial charge in [-0.2, -0.15) is 5.26 Å². The van der Waals surface area contributed by atoms with Gasteiger partial charge in [-0.15, -0.1) is 0 Å². The summed E-state index contributed by atoms with van der Waals surface area (Å²) in [6.45, 7) is 0. The van der Waals surface area contributed by atoms with Crippen molar-refractivity contribution in [1.29, 1.82) is 5.26 Å². The lowest BCUT2D eigenvalue weighted by molar-refractivity contribution is 0.403. The minimum Gasteiger partial charge on any atom is -0.495 e. The molecule has 0 spiro atoms. The number of hydrogen-bond donors (Lipinski definition) is 1. The lowest BCUT2D eigenvalue weighted by Crippen LogP contribution is -2.03. The van der Waals surface area contributed by atoms with E-state index >= 15 is 0 Å². The molecule has 0 saturated heterocycles. The van der Waals surface area contributed by atoms with Gasteiger partial charge in [0.25, 0.3) is 0 Å². The highest BCUT2D eigenvalue weighted by atomic mass is 32.2. The summed E-state index contributed by atoms with van der Waals surface area (Å²) in [5.41, 5.74) is 5.84. The van der Waals surface area contributed by atoms with Crippen LogP contribution in [0.3, 0.4) is 0 Å². The monoisotopic (exact) mass is 226 g/mol. The zero-order chi connectivity index (χ0) is 11.6. The van der Waals surface area contributed by atoms with Crippen molar-refractivity contribution < 1.29 is 13.2 Å². The Morgan fingerprint density at radius 3 is 2.47 bits per heavy atom. The minimum absolute atomic E-state index is 0.0317. The van der Waals surface area contributed by atoms with Crippen LogP contribution < -0.4 is 10.5 Å². The second-order valence-electron chi connectivity index (χ2n) is 2.97. The molecule has 80 valence electrons. The summed E-state index contributed by atoms with van der Waals surface area (Å²) in [6, 6.07) is 4.35. The van der Waals surface area contributed by atoms with E-state index in [2.05, 4.69) is 0 Å². The fourth-order valence-electron chi connectivity index (χ4n) is 1.12. The average molecular weight is 226 g/mol. The van der Waals surface area contributed by atoms with E-state index in [1.54, 1.807) is 0 Å². The maximum absolute atomic E-state index is 11.4. The summed E-state index contributed by atoms with van der Waals surface area (Å²) in [6.07, 6.45) is 1.04. The smallest absolute Gasteiger partial charge is 0.179 e. The fraction of sp³-hybridized carbons (Fsp3) is 0.222. The van der Waals surface area contributed by atoms with E-state index < -0.39 is 9.84 Å². The Morgan fingerprint density at radius 2 is 2.07 bits per heavy atom. The van der Waals surface area contributed by atoms with Gasteiger partial charge in [-0.05, 0) is 6.07 Å². The number of rotatable bonds is 2. The summed E-state index contributed by atoms with van der Waals surface area (Å²) in [5.74, 6) is 0.147. The third-order valence-corrected chi connectivity index (χ3v) is 2.97. The molecule has 0 aliphatic carbocycles. The molecule has 0 bridgehead atoms. The van der Waals surface area contributed by atoms with Crippen molar-refractivity contribution in [2.45, 2.75) is 4.90 Å². The van der Waals surface area contributed by atoms with E-state index in [0.29, 0.717) is 0 Å². The van der Waals surface area contributed by atoms with Crippen LogP contribution >= 0.6 is 0 Å². The molecule has 2 N–H and O–H groups in total. The van der Waals surface area contributed by atoms with Crippen LogP contribution in [0.1, 0.15) is 5.56 Å². The number of hydrogen-bond acceptors (Lipinski definition) is 5. The van der Waals surface area contributed by atoms with E-state index in [4.69, 9.17) is 15.7 Å². The highest BCUT2D eigenvalue weighted by Gasteiger charge is 2.16. The number of nitrogens with two attached hydrogens (primary N) is 1. The molecule has 6 heteroatoms. The third-order valence-electron chi connectivity index (χ3n) is 1.86. The fourth-order valence-corrected chi connectivity index (χ4v) is 1.96. The van der Waals surface area contributed by atoms with Crippen LogP contribution in [0, 0.1) is 11.3 Å². The summed E-state index contributed by atoms with van der Waals surface area (Å²) >= 11 is 0. The lowest BCUT2D eigenvalue weighted by atomic mass is 10.2. The van der Waals surface area contributed by atoms with Gasteiger partial charge >= 0.3 is 0 Å². The molecule has 0 fully saturated rings. The van der Waals surface area contributed by atoms with Crippen molar-refractivity contribution in [2.75, 3.05) is 19.1 Å². The van der Waals surface area contributed by atoms with Crippen LogP contribution in [0.2, 0.25) is 0 Å². The van der Waals surface area contributed by atoms with Gasteiger partial charge in [0.15, 0.2) is 9.84 Å². The number of anilines is 1. The van der Waals surface area contributed by atoms with E-state index in [0.717, 1.165) is 6.26 Å². The molecule has 0 atom stereocenters. The molecule has 1 rings (SSSR count). The lowest BCUT2D eigenvalue weighted by Gasteiger charge is -2.08. The van der Waals surface area contributed by atoms with Gasteiger partial charge in [-0.3, -0.25) is 0 Å². The molecule has 0 heterocycles. The van der Waals surface area contributed by atoms with Gasteiger partial charge < -0.3 is 10.5 Å². The Bertz CT molecular complexity index is 529. The van der Waals surface area contributed by atoms with Crippen LogP contribution in [-0.2, 0) is 9.84 Å². The Morgan fingerprint density at radius 1 is 1.47 bits per heavy atom. The van der Waals surface area contributed by atoms with E-state index in [1.165, 1.54) is 19.2 Å². The first-order chi connectivity index (χ1) is 6.90. The zero-order valence-electron chi connectivity index (χ0n) is 8.31. The average Bonchev–Trinajstić information content (AvgIpc) is 2.15. The van der Waals surface area contributed by atoms with Crippen molar-refractivity contribution in [3.63, 3.8) is 0 Å². The molecule has 5 nitrogen and oxygen atoms in total. The number of methoxy groups -OCH3 is 1. The number of nitrogen functional groups attached to an aromatic ring is 1. The number of sulfone groups is 1. The summed E-state index contributed by atoms with van der Waals surface area (Å²) in [5, 5.41) is 8.71. The first-order valence-corrected chi connectivity index (χ1v) is 5.87. The first-order valence-electron chi connectivity index (χ1n) is 3.98. The topological polar surface area (TPSA) is 93.2 Å². The molecule has 0 aromatic heterocycles. The number of nitrogens with zero attached hydrogens (tertiary/aromatic N) is 1. The normalized spacial score (nSPS) is 10.7. The van der Waals surface area contributed by atoms with Gasteiger partial charge in [0, 0.05) is 12.3 Å². The van der Waals surface area contributed by atoms with Crippen LogP contribution in [0.4, 0.5) is 5.69 Å². The number of ether oxygens (including phenoxy) is 1. The van der Waals surface area contributed by atoms with Crippen molar-refractivity contribution >= 4 is 15.5 Å². The molecule has 1 aromatic carbocycles. The third kappa shape index (κ3) is 2.19. The van der Waals surface area contributed by atoms with Crippen LogP contribution in [0.5, 0.6) is 5.75 Å². The SMILES string of the molecule is COc1cc(N)c(C#N)cc1S(C)(=O)=O. The molecule has 0 aliphatic rings. The molecule has 15 heavy (non-hydrogen) atoms. The Balaban J connectivity index is 3.59. The second kappa shape index (κ2) is 3.79. The highest BCUT2D eigenvalue weighted by molar-refractivity contribution is 7.90. The molecule has 0 saturated carbocycles. The molecule has 0 unspecified atom stereocenters. The molecule has 0 amide bonds. The maximum atomic E-state index is 11.4. The molecular formula is C9H10N2O3S. The predicted octanol–water partition coefficient (Wildman–Crippen LogP) is 0.553. The van der Waals surface area contributed by atoms with Crippen molar-refractivity contribution in [1.82, 2.24) is 0 Å². The Labute approximate surface area is 88.0 Å². The molecular weight excluding hydrogens is 216 g/mol. The van der Waals surface area contributed by atoms with Crippen LogP contribution in [0.15, 0.2) is 17.0 Å². The maximum Gasteiger partial charge on any atom is 0.179 e. The van der Waals surface area contributed by atoms with Gasteiger partial charge in [0.2, 0.25) is 0 Å². The van der Waals surface area contributed by atoms with Gasteiger partial charge in [-0.25, -0.2) is 8.42 Å². The zero-order valence-corrected chi connectivity index (χ0v) is 9.13. The number of benzene rings is 1. The quantitative estimate of drug-likeness (QED) is 0.743. The Kier molecular flexibility index (Phi) is 2.86. The first kappa shape index (κ1) is 11.3. The van der Waals surface area contributed by atoms with Gasteiger partial charge in [0.05, 0.1) is 18.4 Å². The second-order valence-corrected chi connectivity index (χ2v) is 4.96. The molecule has 1 aromatic rings.